The summed E-state index contributed by atoms with van der Waals surface area (Å²) in [5.74, 6) is 2.32. The van der Waals surface area contributed by atoms with Crippen molar-refractivity contribution in [3.8, 4) is 5.75 Å². The summed E-state index contributed by atoms with van der Waals surface area (Å²) in [5, 5.41) is 11.4. The summed E-state index contributed by atoms with van der Waals surface area (Å²) in [5.41, 5.74) is 1.07. The maximum atomic E-state index is 5.36. The number of anilines is 2. The van der Waals surface area contributed by atoms with Gasteiger partial charge in [-0.2, -0.15) is 10.1 Å². The smallest absolute Gasteiger partial charge is 0.244 e. The normalized spacial score (nSPS) is 15.1. The molecule has 1 aromatic heterocycles. The Hall–Kier alpha value is -2.37. The number of para-hydroxylation sites is 1. The lowest BCUT2D eigenvalue weighted by molar-refractivity contribution is 0.410. The van der Waals surface area contributed by atoms with Gasteiger partial charge >= 0.3 is 0 Å². The molecule has 2 aromatic rings. The Kier molecular flexibility index (Phi) is 5.24. The number of hydrogen-bond acceptors (Lipinski definition) is 6. The quantitative estimate of drug-likeness (QED) is 0.916. The highest BCUT2D eigenvalue weighted by molar-refractivity contribution is 5.42. The van der Waals surface area contributed by atoms with Crippen LogP contribution in [0.25, 0.3) is 0 Å². The van der Waals surface area contributed by atoms with Crippen LogP contribution in [0.5, 0.6) is 5.75 Å². The van der Waals surface area contributed by atoms with Crippen molar-refractivity contribution >= 4 is 11.8 Å². The number of ether oxygens (including phenoxy) is 1. The zero-order chi connectivity index (χ0) is 15.9. The monoisotopic (exact) mass is 313 g/mol. The van der Waals surface area contributed by atoms with E-state index >= 15 is 0 Å². The number of aromatic nitrogens is 3. The first kappa shape index (κ1) is 15.5. The summed E-state index contributed by atoms with van der Waals surface area (Å²) in [6.07, 6.45) is 6.78. The van der Waals surface area contributed by atoms with E-state index in [1.807, 2.05) is 24.3 Å². The van der Waals surface area contributed by atoms with Crippen molar-refractivity contribution < 1.29 is 4.74 Å². The molecule has 0 bridgehead atoms. The lowest BCUT2D eigenvalue weighted by Gasteiger charge is -2.21. The van der Waals surface area contributed by atoms with Gasteiger partial charge in [-0.3, -0.25) is 0 Å². The maximum Gasteiger partial charge on any atom is 0.244 e. The van der Waals surface area contributed by atoms with E-state index in [1.165, 1.54) is 25.7 Å². The Balaban J connectivity index is 1.67. The van der Waals surface area contributed by atoms with E-state index in [-0.39, 0.29) is 0 Å². The van der Waals surface area contributed by atoms with Crippen molar-refractivity contribution in [1.29, 1.82) is 0 Å². The maximum absolute atomic E-state index is 5.36. The molecule has 3 rings (SSSR count). The molecule has 23 heavy (non-hydrogen) atoms. The van der Waals surface area contributed by atoms with E-state index in [1.54, 1.807) is 13.3 Å². The standard InChI is InChI=1S/C17H23N5O/c1-23-15-9-5-4-8-14(15)12-18-17-20-16(13-19-21-17)22-10-6-2-3-7-11-22/h4-5,8-9,13H,2-3,6-7,10-12H2,1H3,(H,18,20,21). The van der Waals surface area contributed by atoms with Crippen LogP contribution in [-0.4, -0.2) is 35.4 Å². The Labute approximate surface area is 136 Å². The Morgan fingerprint density at radius 3 is 2.70 bits per heavy atom. The van der Waals surface area contributed by atoms with Gasteiger partial charge in [-0.25, -0.2) is 0 Å². The molecule has 0 saturated carbocycles. The molecule has 0 aliphatic carbocycles. The molecule has 1 fully saturated rings. The molecule has 122 valence electrons. The summed E-state index contributed by atoms with van der Waals surface area (Å²) in [7, 11) is 1.68. The van der Waals surface area contributed by atoms with Crippen molar-refractivity contribution in [3.05, 3.63) is 36.0 Å². The second kappa shape index (κ2) is 7.76. The molecule has 1 saturated heterocycles. The molecule has 0 radical (unpaired) electrons. The van der Waals surface area contributed by atoms with Crippen molar-refractivity contribution in [2.75, 3.05) is 30.4 Å². The van der Waals surface area contributed by atoms with Gasteiger partial charge in [0.25, 0.3) is 0 Å². The third kappa shape index (κ3) is 4.09. The van der Waals surface area contributed by atoms with E-state index < -0.39 is 0 Å². The zero-order valence-electron chi connectivity index (χ0n) is 13.5. The second-order valence-corrected chi connectivity index (χ2v) is 5.70. The summed E-state index contributed by atoms with van der Waals surface area (Å²) in [6, 6.07) is 7.92. The first-order valence-corrected chi connectivity index (χ1v) is 8.17. The molecule has 1 aliphatic heterocycles. The predicted octanol–water partition coefficient (Wildman–Crippen LogP) is 2.87. The van der Waals surface area contributed by atoms with Gasteiger partial charge in [0.15, 0.2) is 5.82 Å². The molecule has 1 N–H and O–H groups in total. The molecule has 6 heteroatoms. The fourth-order valence-electron chi connectivity index (χ4n) is 2.85. The average Bonchev–Trinajstić information content (AvgIpc) is 2.90. The summed E-state index contributed by atoms with van der Waals surface area (Å²) in [4.78, 5) is 6.91. The number of rotatable bonds is 5. The zero-order valence-corrected chi connectivity index (χ0v) is 13.5. The van der Waals surface area contributed by atoms with Crippen molar-refractivity contribution in [2.24, 2.45) is 0 Å². The summed E-state index contributed by atoms with van der Waals surface area (Å²) < 4.78 is 5.36. The fraction of sp³-hybridized carbons (Fsp3) is 0.471. The van der Waals surface area contributed by atoms with Gasteiger partial charge in [0.1, 0.15) is 5.75 Å². The minimum absolute atomic E-state index is 0.553. The van der Waals surface area contributed by atoms with Crippen LogP contribution >= 0.6 is 0 Å². The van der Waals surface area contributed by atoms with Crippen molar-refractivity contribution in [2.45, 2.75) is 32.2 Å². The molecule has 0 atom stereocenters. The summed E-state index contributed by atoms with van der Waals surface area (Å²) >= 11 is 0. The third-order valence-electron chi connectivity index (χ3n) is 4.11. The number of nitrogens with one attached hydrogen (secondary N) is 1. The van der Waals surface area contributed by atoms with E-state index in [0.29, 0.717) is 12.5 Å². The number of methoxy groups -OCH3 is 1. The van der Waals surface area contributed by atoms with E-state index in [9.17, 15) is 0 Å². The molecule has 0 amide bonds. The lowest BCUT2D eigenvalue weighted by Crippen LogP contribution is -2.25. The average molecular weight is 313 g/mol. The van der Waals surface area contributed by atoms with Crippen LogP contribution in [-0.2, 0) is 6.54 Å². The Morgan fingerprint density at radius 1 is 1.13 bits per heavy atom. The van der Waals surface area contributed by atoms with Crippen LogP contribution in [0.3, 0.4) is 0 Å². The molecule has 0 spiro atoms. The number of benzene rings is 1. The first-order valence-electron chi connectivity index (χ1n) is 8.17. The Bertz CT molecular complexity index is 626. The third-order valence-corrected chi connectivity index (χ3v) is 4.11. The first-order chi connectivity index (χ1) is 11.4. The van der Waals surface area contributed by atoms with Gasteiger partial charge in [-0.05, 0) is 18.9 Å². The van der Waals surface area contributed by atoms with Crippen LogP contribution in [0.2, 0.25) is 0 Å². The molecule has 6 nitrogen and oxygen atoms in total. The fourth-order valence-corrected chi connectivity index (χ4v) is 2.85. The van der Waals surface area contributed by atoms with Gasteiger partial charge < -0.3 is 15.0 Å². The molecule has 1 aliphatic rings. The Morgan fingerprint density at radius 2 is 1.91 bits per heavy atom. The largest absolute Gasteiger partial charge is 0.496 e. The lowest BCUT2D eigenvalue weighted by atomic mass is 10.2. The van der Waals surface area contributed by atoms with Gasteiger partial charge in [0.05, 0.1) is 13.3 Å². The van der Waals surface area contributed by atoms with E-state index in [2.05, 4.69) is 25.4 Å². The highest BCUT2D eigenvalue weighted by atomic mass is 16.5. The van der Waals surface area contributed by atoms with E-state index in [4.69, 9.17) is 4.74 Å². The number of hydrogen-bond donors (Lipinski definition) is 1. The van der Waals surface area contributed by atoms with Gasteiger partial charge in [-0.15, -0.1) is 5.10 Å². The molecule has 2 heterocycles. The minimum Gasteiger partial charge on any atom is -0.496 e. The molecule has 1 aromatic carbocycles. The van der Waals surface area contributed by atoms with Crippen LogP contribution in [0.4, 0.5) is 11.8 Å². The summed E-state index contributed by atoms with van der Waals surface area (Å²) in [6.45, 7) is 2.70. The van der Waals surface area contributed by atoms with Crippen LogP contribution in [0.15, 0.2) is 30.5 Å². The van der Waals surface area contributed by atoms with Crippen LogP contribution in [0.1, 0.15) is 31.2 Å². The van der Waals surface area contributed by atoms with E-state index in [0.717, 1.165) is 30.2 Å². The second-order valence-electron chi connectivity index (χ2n) is 5.70. The van der Waals surface area contributed by atoms with Crippen LogP contribution in [0, 0.1) is 0 Å². The van der Waals surface area contributed by atoms with Crippen molar-refractivity contribution in [3.63, 3.8) is 0 Å². The molecular formula is C17H23N5O. The molecular weight excluding hydrogens is 290 g/mol. The SMILES string of the molecule is COc1ccccc1CNc1nncc(N2CCCCCC2)n1. The predicted molar refractivity (Wildman–Crippen MR) is 90.8 cm³/mol. The van der Waals surface area contributed by atoms with Gasteiger partial charge in [-0.1, -0.05) is 31.0 Å². The topological polar surface area (TPSA) is 63.2 Å². The highest BCUT2D eigenvalue weighted by Crippen LogP contribution is 2.19. The van der Waals surface area contributed by atoms with Gasteiger partial charge in [0.2, 0.25) is 5.95 Å². The minimum atomic E-state index is 0.553. The number of nitrogens with zero attached hydrogens (tertiary/aromatic N) is 4. The van der Waals surface area contributed by atoms with Crippen molar-refractivity contribution in [1.82, 2.24) is 15.2 Å². The molecule has 0 unspecified atom stereocenters. The highest BCUT2D eigenvalue weighted by Gasteiger charge is 2.12. The van der Waals surface area contributed by atoms with Crippen LogP contribution < -0.4 is 15.0 Å². The van der Waals surface area contributed by atoms with Gasteiger partial charge in [0, 0.05) is 25.2 Å².